The van der Waals surface area contributed by atoms with Crippen LogP contribution in [0, 0.1) is 5.41 Å². The van der Waals surface area contributed by atoms with Crippen LogP contribution in [0.2, 0.25) is 0 Å². The molecule has 0 radical (unpaired) electrons. The molecule has 1 heterocycles. The van der Waals surface area contributed by atoms with Crippen molar-refractivity contribution >= 4 is 5.69 Å². The first-order valence-electron chi connectivity index (χ1n) is 7.30. The van der Waals surface area contributed by atoms with Crippen LogP contribution in [0.25, 0.3) is 0 Å². The quantitative estimate of drug-likeness (QED) is 0.857. The standard InChI is InChI=1S/C16H26N2/c1-3-16(11-8-12-17-13-16)14-18(4-2)15-9-6-5-7-10-15/h5-7,9-10,17H,3-4,8,11-14H2,1-2H3. The van der Waals surface area contributed by atoms with Crippen LogP contribution in [0.5, 0.6) is 0 Å². The van der Waals surface area contributed by atoms with E-state index in [2.05, 4.69) is 54.4 Å². The van der Waals surface area contributed by atoms with Crippen LogP contribution in [0.4, 0.5) is 5.69 Å². The molecule has 0 amide bonds. The maximum atomic E-state index is 3.58. The van der Waals surface area contributed by atoms with E-state index in [-0.39, 0.29) is 0 Å². The van der Waals surface area contributed by atoms with Gasteiger partial charge in [-0.1, -0.05) is 25.1 Å². The molecule has 18 heavy (non-hydrogen) atoms. The highest BCUT2D eigenvalue weighted by molar-refractivity contribution is 5.46. The molecule has 0 aliphatic carbocycles. The van der Waals surface area contributed by atoms with Crippen molar-refractivity contribution in [1.82, 2.24) is 5.32 Å². The first kappa shape index (κ1) is 13.4. The number of hydrogen-bond acceptors (Lipinski definition) is 2. The van der Waals surface area contributed by atoms with Crippen molar-refractivity contribution in [2.45, 2.75) is 33.1 Å². The summed E-state index contributed by atoms with van der Waals surface area (Å²) in [6.07, 6.45) is 3.95. The Labute approximate surface area is 111 Å². The van der Waals surface area contributed by atoms with Gasteiger partial charge in [-0.25, -0.2) is 0 Å². The Balaban J connectivity index is 2.09. The van der Waals surface area contributed by atoms with Crippen molar-refractivity contribution in [1.29, 1.82) is 0 Å². The lowest BCUT2D eigenvalue weighted by Gasteiger charge is -2.41. The van der Waals surface area contributed by atoms with Crippen LogP contribution < -0.4 is 10.2 Å². The van der Waals surface area contributed by atoms with Gasteiger partial charge in [-0.05, 0) is 44.9 Å². The number of piperidine rings is 1. The lowest BCUT2D eigenvalue weighted by atomic mass is 9.78. The fourth-order valence-corrected chi connectivity index (χ4v) is 3.01. The zero-order chi connectivity index (χ0) is 12.8. The average Bonchev–Trinajstić information content (AvgIpc) is 2.47. The highest BCUT2D eigenvalue weighted by atomic mass is 15.1. The lowest BCUT2D eigenvalue weighted by molar-refractivity contribution is 0.205. The summed E-state index contributed by atoms with van der Waals surface area (Å²) in [6.45, 7) is 9.23. The molecule has 1 N–H and O–H groups in total. The van der Waals surface area contributed by atoms with Crippen LogP contribution in [0.1, 0.15) is 33.1 Å². The number of benzene rings is 1. The minimum absolute atomic E-state index is 0.462. The number of para-hydroxylation sites is 1. The molecule has 1 aromatic rings. The lowest BCUT2D eigenvalue weighted by Crippen LogP contribution is -2.47. The smallest absolute Gasteiger partial charge is 0.0366 e. The predicted octanol–water partition coefficient (Wildman–Crippen LogP) is 3.29. The van der Waals surface area contributed by atoms with E-state index < -0.39 is 0 Å². The molecule has 1 aromatic carbocycles. The second kappa shape index (κ2) is 6.24. The fourth-order valence-electron chi connectivity index (χ4n) is 3.01. The van der Waals surface area contributed by atoms with Crippen molar-refractivity contribution in [3.63, 3.8) is 0 Å². The maximum absolute atomic E-state index is 3.58. The summed E-state index contributed by atoms with van der Waals surface area (Å²) in [5, 5.41) is 3.58. The zero-order valence-corrected chi connectivity index (χ0v) is 11.8. The molecule has 100 valence electrons. The predicted molar refractivity (Wildman–Crippen MR) is 79.2 cm³/mol. The van der Waals surface area contributed by atoms with Gasteiger partial charge in [0, 0.05) is 30.7 Å². The highest BCUT2D eigenvalue weighted by Gasteiger charge is 2.31. The summed E-state index contributed by atoms with van der Waals surface area (Å²) in [4.78, 5) is 2.52. The third-order valence-corrected chi connectivity index (χ3v) is 4.34. The fraction of sp³-hybridized carbons (Fsp3) is 0.625. The van der Waals surface area contributed by atoms with E-state index in [1.807, 2.05) is 0 Å². The number of nitrogens with zero attached hydrogens (tertiary/aromatic N) is 1. The molecule has 2 rings (SSSR count). The molecule has 0 spiro atoms. The Kier molecular flexibility index (Phi) is 4.65. The molecule has 2 nitrogen and oxygen atoms in total. The van der Waals surface area contributed by atoms with Crippen LogP contribution in [0.3, 0.4) is 0 Å². The second-order valence-corrected chi connectivity index (χ2v) is 5.48. The average molecular weight is 246 g/mol. The van der Waals surface area contributed by atoms with Crippen molar-refractivity contribution in [2.24, 2.45) is 5.41 Å². The summed E-state index contributed by atoms with van der Waals surface area (Å²) >= 11 is 0. The molecule has 1 saturated heterocycles. The van der Waals surface area contributed by atoms with Gasteiger partial charge in [0.2, 0.25) is 0 Å². The van der Waals surface area contributed by atoms with E-state index in [1.54, 1.807) is 0 Å². The summed E-state index contributed by atoms with van der Waals surface area (Å²) in [6, 6.07) is 10.8. The number of anilines is 1. The van der Waals surface area contributed by atoms with Gasteiger partial charge >= 0.3 is 0 Å². The van der Waals surface area contributed by atoms with Gasteiger partial charge in [0.25, 0.3) is 0 Å². The largest absolute Gasteiger partial charge is 0.371 e. The van der Waals surface area contributed by atoms with Crippen molar-refractivity contribution in [3.05, 3.63) is 30.3 Å². The van der Waals surface area contributed by atoms with Gasteiger partial charge in [0.05, 0.1) is 0 Å². The Morgan fingerprint density at radius 1 is 1.22 bits per heavy atom. The van der Waals surface area contributed by atoms with E-state index in [9.17, 15) is 0 Å². The van der Waals surface area contributed by atoms with E-state index in [1.165, 1.54) is 44.6 Å². The number of nitrogens with one attached hydrogen (secondary N) is 1. The second-order valence-electron chi connectivity index (χ2n) is 5.48. The Hall–Kier alpha value is -1.02. The maximum Gasteiger partial charge on any atom is 0.0366 e. The molecule has 0 bridgehead atoms. The highest BCUT2D eigenvalue weighted by Crippen LogP contribution is 2.32. The van der Waals surface area contributed by atoms with E-state index >= 15 is 0 Å². The molecule has 1 atom stereocenters. The summed E-state index contributed by atoms with van der Waals surface area (Å²) < 4.78 is 0. The zero-order valence-electron chi connectivity index (χ0n) is 11.8. The van der Waals surface area contributed by atoms with Crippen LogP contribution >= 0.6 is 0 Å². The van der Waals surface area contributed by atoms with E-state index in [4.69, 9.17) is 0 Å². The monoisotopic (exact) mass is 246 g/mol. The van der Waals surface area contributed by atoms with Crippen molar-refractivity contribution in [2.75, 3.05) is 31.1 Å². The van der Waals surface area contributed by atoms with Gasteiger partial charge in [0.15, 0.2) is 0 Å². The summed E-state index contributed by atoms with van der Waals surface area (Å²) in [7, 11) is 0. The third-order valence-electron chi connectivity index (χ3n) is 4.34. The molecule has 1 unspecified atom stereocenters. The number of hydrogen-bond donors (Lipinski definition) is 1. The molecule has 0 aromatic heterocycles. The van der Waals surface area contributed by atoms with Gasteiger partial charge in [-0.15, -0.1) is 0 Å². The minimum Gasteiger partial charge on any atom is -0.371 e. The molecule has 1 aliphatic rings. The van der Waals surface area contributed by atoms with Crippen LogP contribution in [0.15, 0.2) is 30.3 Å². The number of rotatable bonds is 5. The first-order valence-corrected chi connectivity index (χ1v) is 7.30. The van der Waals surface area contributed by atoms with Gasteiger partial charge < -0.3 is 10.2 Å². The van der Waals surface area contributed by atoms with Crippen LogP contribution in [-0.2, 0) is 0 Å². The van der Waals surface area contributed by atoms with Gasteiger partial charge in [-0.3, -0.25) is 0 Å². The SMILES string of the molecule is CCN(CC1(CC)CCCNC1)c1ccccc1. The summed E-state index contributed by atoms with van der Waals surface area (Å²) in [5.74, 6) is 0. The summed E-state index contributed by atoms with van der Waals surface area (Å²) in [5.41, 5.74) is 1.82. The molecular weight excluding hydrogens is 220 g/mol. The Bertz CT molecular complexity index is 341. The van der Waals surface area contributed by atoms with E-state index in [0.29, 0.717) is 5.41 Å². The van der Waals surface area contributed by atoms with Crippen molar-refractivity contribution in [3.8, 4) is 0 Å². The van der Waals surface area contributed by atoms with Gasteiger partial charge in [-0.2, -0.15) is 0 Å². The van der Waals surface area contributed by atoms with Gasteiger partial charge in [0.1, 0.15) is 0 Å². The minimum atomic E-state index is 0.462. The Morgan fingerprint density at radius 3 is 2.56 bits per heavy atom. The molecular formula is C16H26N2. The molecule has 2 heteroatoms. The molecule has 1 aliphatic heterocycles. The molecule has 1 fully saturated rings. The Morgan fingerprint density at radius 2 is 2.00 bits per heavy atom. The molecule has 0 saturated carbocycles. The topological polar surface area (TPSA) is 15.3 Å². The first-order chi connectivity index (χ1) is 8.79. The third kappa shape index (κ3) is 3.05. The van der Waals surface area contributed by atoms with E-state index in [0.717, 1.165) is 6.54 Å². The van der Waals surface area contributed by atoms with Crippen LogP contribution in [-0.4, -0.2) is 26.2 Å². The van der Waals surface area contributed by atoms with Crippen molar-refractivity contribution < 1.29 is 0 Å². The normalized spacial score (nSPS) is 23.9.